The Kier molecular flexibility index (Phi) is 8.51. The number of nitrogens with one attached hydrogen (secondary N) is 2. The predicted molar refractivity (Wildman–Crippen MR) is 134 cm³/mol. The van der Waals surface area contributed by atoms with E-state index in [1.807, 2.05) is 31.2 Å². The summed E-state index contributed by atoms with van der Waals surface area (Å²) in [4.78, 5) is 24.2. The van der Waals surface area contributed by atoms with Crippen LogP contribution in [0.15, 0.2) is 65.8 Å². The Hall–Kier alpha value is -3.55. The number of aryl methyl sites for hydroxylation is 1. The fraction of sp³-hybridized carbons (Fsp3) is 0.160. The highest BCUT2D eigenvalue weighted by atomic mass is 35.5. The highest BCUT2D eigenvalue weighted by Crippen LogP contribution is 2.29. The highest BCUT2D eigenvalue weighted by Gasteiger charge is 2.14. The zero-order valence-corrected chi connectivity index (χ0v) is 20.3. The number of benzene rings is 3. The van der Waals surface area contributed by atoms with Crippen LogP contribution in [0.2, 0.25) is 10.0 Å². The van der Waals surface area contributed by atoms with Gasteiger partial charge in [-0.25, -0.2) is 5.43 Å². The molecule has 3 aromatic rings. The molecule has 0 fully saturated rings. The van der Waals surface area contributed by atoms with E-state index in [2.05, 4.69) is 15.8 Å². The van der Waals surface area contributed by atoms with Crippen LogP contribution in [0.4, 0.5) is 5.69 Å². The molecule has 0 unspecified atom stereocenters. The van der Waals surface area contributed by atoms with Gasteiger partial charge in [-0.3, -0.25) is 9.59 Å². The van der Waals surface area contributed by atoms with Crippen molar-refractivity contribution >= 4 is 46.4 Å². The Morgan fingerprint density at radius 3 is 2.32 bits per heavy atom. The van der Waals surface area contributed by atoms with Gasteiger partial charge in [0.2, 0.25) is 0 Å². The van der Waals surface area contributed by atoms with Gasteiger partial charge in [-0.1, -0.05) is 53.0 Å². The average molecular weight is 500 g/mol. The van der Waals surface area contributed by atoms with Gasteiger partial charge in [0, 0.05) is 11.3 Å². The third kappa shape index (κ3) is 6.73. The van der Waals surface area contributed by atoms with Gasteiger partial charge in [-0.05, 0) is 55.8 Å². The zero-order chi connectivity index (χ0) is 24.7. The zero-order valence-electron chi connectivity index (χ0n) is 18.8. The summed E-state index contributed by atoms with van der Waals surface area (Å²) in [5, 5.41) is 7.04. The van der Waals surface area contributed by atoms with E-state index < -0.39 is 11.8 Å². The molecule has 0 aliphatic heterocycles. The van der Waals surface area contributed by atoms with Crippen LogP contribution < -0.4 is 20.2 Å². The number of hydrazone groups is 1. The van der Waals surface area contributed by atoms with Gasteiger partial charge in [0.05, 0.1) is 22.9 Å². The van der Waals surface area contributed by atoms with Crippen LogP contribution in [0.1, 0.15) is 23.6 Å². The predicted octanol–water partition coefficient (Wildman–Crippen LogP) is 5.37. The Morgan fingerprint density at radius 1 is 0.912 bits per heavy atom. The van der Waals surface area contributed by atoms with E-state index in [1.165, 1.54) is 23.8 Å². The average Bonchev–Trinajstić information content (AvgIpc) is 2.84. The van der Waals surface area contributed by atoms with Crippen LogP contribution >= 0.6 is 23.2 Å². The van der Waals surface area contributed by atoms with Crippen molar-refractivity contribution in [1.82, 2.24) is 5.43 Å². The summed E-state index contributed by atoms with van der Waals surface area (Å²) in [6.45, 7) is 4.12. The second-order valence-electron chi connectivity index (χ2n) is 7.36. The molecule has 3 aromatic carbocycles. The lowest BCUT2D eigenvalue weighted by Crippen LogP contribution is -2.32. The number of halogens is 2. The summed E-state index contributed by atoms with van der Waals surface area (Å²) >= 11 is 11.8. The van der Waals surface area contributed by atoms with Crippen molar-refractivity contribution < 1.29 is 19.1 Å². The second kappa shape index (κ2) is 11.5. The normalized spacial score (nSPS) is 11.0. The molecule has 0 spiro atoms. The SMILES string of the molecule is COc1cc(C(C)=NNC(=O)C(=O)Nc2ccc(Cl)c(Cl)c2)ccc1OCc1ccc(C)cc1. The first kappa shape index (κ1) is 25.1. The summed E-state index contributed by atoms with van der Waals surface area (Å²) in [5.74, 6) is -0.740. The van der Waals surface area contributed by atoms with Crippen molar-refractivity contribution in [1.29, 1.82) is 0 Å². The minimum atomic E-state index is -0.935. The van der Waals surface area contributed by atoms with Gasteiger partial charge < -0.3 is 14.8 Å². The summed E-state index contributed by atoms with van der Waals surface area (Å²) in [5.41, 5.74) is 5.95. The number of nitrogens with zero attached hydrogens (tertiary/aromatic N) is 1. The molecular formula is C25H23Cl2N3O4. The number of anilines is 1. The van der Waals surface area contributed by atoms with Crippen LogP contribution in [-0.2, 0) is 16.2 Å². The molecule has 9 heteroatoms. The van der Waals surface area contributed by atoms with Crippen molar-refractivity contribution in [3.05, 3.63) is 87.4 Å². The quantitative estimate of drug-likeness (QED) is 0.260. The summed E-state index contributed by atoms with van der Waals surface area (Å²) in [6.07, 6.45) is 0. The summed E-state index contributed by atoms with van der Waals surface area (Å²) in [7, 11) is 1.54. The minimum Gasteiger partial charge on any atom is -0.493 e. The van der Waals surface area contributed by atoms with E-state index in [0.717, 1.165) is 5.56 Å². The molecule has 3 rings (SSSR count). The smallest absolute Gasteiger partial charge is 0.329 e. The largest absolute Gasteiger partial charge is 0.493 e. The van der Waals surface area contributed by atoms with Gasteiger partial charge in [0.25, 0.3) is 0 Å². The number of methoxy groups -OCH3 is 1. The number of rotatable bonds is 7. The number of carbonyl (C=O) groups excluding carboxylic acids is 2. The van der Waals surface area contributed by atoms with Gasteiger partial charge >= 0.3 is 11.8 Å². The third-order valence-electron chi connectivity index (χ3n) is 4.81. The van der Waals surface area contributed by atoms with Crippen LogP contribution in [0.5, 0.6) is 11.5 Å². The molecule has 34 heavy (non-hydrogen) atoms. The Morgan fingerprint density at radius 2 is 1.65 bits per heavy atom. The minimum absolute atomic E-state index is 0.258. The van der Waals surface area contributed by atoms with E-state index in [9.17, 15) is 9.59 Å². The number of hydrogen-bond acceptors (Lipinski definition) is 5. The van der Waals surface area contributed by atoms with Crippen molar-refractivity contribution in [3.8, 4) is 11.5 Å². The molecule has 2 amide bonds. The van der Waals surface area contributed by atoms with Crippen LogP contribution in [0, 0.1) is 6.92 Å². The Labute approximate surface area is 207 Å². The third-order valence-corrected chi connectivity index (χ3v) is 5.54. The Balaban J connectivity index is 1.62. The molecule has 0 bridgehead atoms. The standard InChI is InChI=1S/C25H23Cl2N3O4/c1-15-4-6-17(7-5-15)14-34-22-11-8-18(12-23(22)33-3)16(2)29-30-25(32)24(31)28-19-9-10-20(26)21(27)13-19/h4-13H,14H2,1-3H3,(H,28,31)(H,30,32). The molecule has 0 aliphatic carbocycles. The summed E-state index contributed by atoms with van der Waals surface area (Å²) in [6, 6.07) is 17.8. The molecule has 0 aliphatic rings. The maximum absolute atomic E-state index is 12.1. The number of amides is 2. The van der Waals surface area contributed by atoms with E-state index in [0.29, 0.717) is 40.1 Å². The van der Waals surface area contributed by atoms with Crippen molar-refractivity contribution in [2.45, 2.75) is 20.5 Å². The number of ether oxygens (including phenoxy) is 2. The van der Waals surface area contributed by atoms with Gasteiger partial charge in [-0.15, -0.1) is 0 Å². The molecule has 0 saturated carbocycles. The number of hydrogen-bond donors (Lipinski definition) is 2. The van der Waals surface area contributed by atoms with Gasteiger partial charge in [0.1, 0.15) is 6.61 Å². The van der Waals surface area contributed by atoms with Crippen LogP contribution in [0.3, 0.4) is 0 Å². The van der Waals surface area contributed by atoms with E-state index in [4.69, 9.17) is 32.7 Å². The lowest BCUT2D eigenvalue weighted by atomic mass is 10.1. The second-order valence-corrected chi connectivity index (χ2v) is 8.18. The highest BCUT2D eigenvalue weighted by molar-refractivity contribution is 6.43. The van der Waals surface area contributed by atoms with Gasteiger partial charge in [-0.2, -0.15) is 5.10 Å². The molecular weight excluding hydrogens is 477 g/mol. The van der Waals surface area contributed by atoms with Crippen LogP contribution in [-0.4, -0.2) is 24.6 Å². The van der Waals surface area contributed by atoms with E-state index in [1.54, 1.807) is 32.2 Å². The van der Waals surface area contributed by atoms with Crippen molar-refractivity contribution in [2.24, 2.45) is 5.10 Å². The lowest BCUT2D eigenvalue weighted by Gasteiger charge is -2.12. The molecule has 0 aromatic heterocycles. The maximum atomic E-state index is 12.1. The molecule has 7 nitrogen and oxygen atoms in total. The topological polar surface area (TPSA) is 89.0 Å². The molecule has 0 heterocycles. The van der Waals surface area contributed by atoms with E-state index in [-0.39, 0.29) is 5.02 Å². The monoisotopic (exact) mass is 499 g/mol. The first-order valence-electron chi connectivity index (χ1n) is 10.2. The Bertz CT molecular complexity index is 1230. The van der Waals surface area contributed by atoms with E-state index >= 15 is 0 Å². The lowest BCUT2D eigenvalue weighted by molar-refractivity contribution is -0.136. The fourth-order valence-electron chi connectivity index (χ4n) is 2.87. The number of carbonyl (C=O) groups is 2. The van der Waals surface area contributed by atoms with Crippen molar-refractivity contribution in [2.75, 3.05) is 12.4 Å². The maximum Gasteiger partial charge on any atom is 0.329 e. The molecule has 0 radical (unpaired) electrons. The molecule has 0 saturated heterocycles. The first-order chi connectivity index (χ1) is 16.3. The first-order valence-corrected chi connectivity index (χ1v) is 11.0. The molecule has 0 atom stereocenters. The molecule has 176 valence electrons. The van der Waals surface area contributed by atoms with Crippen molar-refractivity contribution in [3.63, 3.8) is 0 Å². The van der Waals surface area contributed by atoms with Gasteiger partial charge in [0.15, 0.2) is 11.5 Å². The summed E-state index contributed by atoms with van der Waals surface area (Å²) < 4.78 is 11.3. The molecule has 2 N–H and O–H groups in total. The fourth-order valence-corrected chi connectivity index (χ4v) is 3.17. The van der Waals surface area contributed by atoms with Crippen LogP contribution in [0.25, 0.3) is 0 Å².